The minimum absolute atomic E-state index is 0.0106. The van der Waals surface area contributed by atoms with Crippen LogP contribution in [0.1, 0.15) is 23.1 Å². The van der Waals surface area contributed by atoms with Crippen molar-refractivity contribution in [1.82, 2.24) is 4.98 Å². The molecule has 8 heteroatoms. The van der Waals surface area contributed by atoms with Gasteiger partial charge in [0.1, 0.15) is 16.6 Å². The lowest BCUT2D eigenvalue weighted by Crippen LogP contribution is -2.30. The van der Waals surface area contributed by atoms with Gasteiger partial charge in [-0.05, 0) is 42.3 Å². The molecule has 1 atom stereocenters. The van der Waals surface area contributed by atoms with Gasteiger partial charge in [-0.1, -0.05) is 24.3 Å². The number of nitrogens with zero attached hydrogens (tertiary/aromatic N) is 1. The Hall–Kier alpha value is -1.92. The summed E-state index contributed by atoms with van der Waals surface area (Å²) in [6.07, 6.45) is 1.51. The van der Waals surface area contributed by atoms with E-state index in [1.807, 2.05) is 0 Å². The summed E-state index contributed by atoms with van der Waals surface area (Å²) >= 11 is 1.17. The summed E-state index contributed by atoms with van der Waals surface area (Å²) in [5.41, 5.74) is 0.666. The molecular formula is C18H16F2NO3PS. The van der Waals surface area contributed by atoms with E-state index in [1.165, 1.54) is 66.1 Å². The fourth-order valence-electron chi connectivity index (χ4n) is 2.92. The molecule has 0 fully saturated rings. The molecule has 1 heterocycles. The van der Waals surface area contributed by atoms with Crippen LogP contribution in [-0.2, 0) is 14.2 Å². The molecule has 0 aliphatic carbocycles. The molecule has 0 saturated carbocycles. The molecule has 136 valence electrons. The van der Waals surface area contributed by atoms with Crippen molar-refractivity contribution < 1.29 is 22.8 Å². The highest BCUT2D eigenvalue weighted by Gasteiger charge is 2.55. The van der Waals surface area contributed by atoms with Gasteiger partial charge in [-0.25, -0.2) is 13.8 Å². The van der Waals surface area contributed by atoms with Crippen molar-refractivity contribution in [3.8, 4) is 0 Å². The molecule has 26 heavy (non-hydrogen) atoms. The van der Waals surface area contributed by atoms with Crippen LogP contribution in [0.5, 0.6) is 0 Å². The van der Waals surface area contributed by atoms with Crippen molar-refractivity contribution in [2.24, 2.45) is 0 Å². The van der Waals surface area contributed by atoms with Gasteiger partial charge in [-0.15, -0.1) is 11.3 Å². The van der Waals surface area contributed by atoms with Crippen LogP contribution in [0.3, 0.4) is 0 Å². The average molecular weight is 395 g/mol. The predicted octanol–water partition coefficient (Wildman–Crippen LogP) is 4.94. The molecule has 0 aliphatic rings. The van der Waals surface area contributed by atoms with Crippen LogP contribution in [0.4, 0.5) is 8.78 Å². The van der Waals surface area contributed by atoms with Crippen molar-refractivity contribution in [2.45, 2.75) is 12.1 Å². The molecule has 1 N–H and O–H groups in total. The molecule has 4 nitrogen and oxygen atoms in total. The molecule has 2 aromatic carbocycles. The zero-order valence-corrected chi connectivity index (χ0v) is 15.5. The van der Waals surface area contributed by atoms with E-state index in [-0.39, 0.29) is 6.61 Å². The van der Waals surface area contributed by atoms with Crippen molar-refractivity contribution in [2.75, 3.05) is 6.61 Å². The van der Waals surface area contributed by atoms with E-state index in [0.29, 0.717) is 16.1 Å². The molecule has 3 aromatic rings. The Morgan fingerprint density at radius 1 is 1.08 bits per heavy atom. The van der Waals surface area contributed by atoms with Crippen molar-refractivity contribution in [3.05, 3.63) is 87.9 Å². The quantitative estimate of drug-likeness (QED) is 0.601. The first-order valence-corrected chi connectivity index (χ1v) is 10.3. The van der Waals surface area contributed by atoms with Crippen molar-refractivity contribution in [3.63, 3.8) is 0 Å². The number of hydrogen-bond donors (Lipinski definition) is 1. The Morgan fingerprint density at radius 3 is 1.96 bits per heavy atom. The number of thiazole rings is 1. The minimum Gasteiger partial charge on any atom is -0.323 e. The van der Waals surface area contributed by atoms with Crippen molar-refractivity contribution in [1.29, 1.82) is 0 Å². The van der Waals surface area contributed by atoms with Crippen LogP contribution in [0, 0.1) is 11.6 Å². The SMILES string of the molecule is CCOP(=O)(O)C(c1ccc(F)cc1)(c1ccc(F)cc1)c1nccs1. The minimum atomic E-state index is -4.39. The predicted molar refractivity (Wildman–Crippen MR) is 96.2 cm³/mol. The molecular weight excluding hydrogens is 379 g/mol. The van der Waals surface area contributed by atoms with Crippen LogP contribution < -0.4 is 0 Å². The summed E-state index contributed by atoms with van der Waals surface area (Å²) in [7, 11) is -4.39. The first-order valence-electron chi connectivity index (χ1n) is 7.81. The van der Waals surface area contributed by atoms with E-state index in [4.69, 9.17) is 4.52 Å². The highest BCUT2D eigenvalue weighted by atomic mass is 32.1. The van der Waals surface area contributed by atoms with Gasteiger partial charge in [0.15, 0.2) is 5.16 Å². The van der Waals surface area contributed by atoms with Gasteiger partial charge in [-0.2, -0.15) is 0 Å². The summed E-state index contributed by atoms with van der Waals surface area (Å²) in [4.78, 5) is 15.2. The third kappa shape index (κ3) is 3.12. The lowest BCUT2D eigenvalue weighted by atomic mass is 9.90. The first-order chi connectivity index (χ1) is 12.4. The Kier molecular flexibility index (Phi) is 5.34. The van der Waals surface area contributed by atoms with Crippen molar-refractivity contribution >= 4 is 18.9 Å². The van der Waals surface area contributed by atoms with E-state index >= 15 is 0 Å². The maximum absolute atomic E-state index is 13.5. The Balaban J connectivity index is 2.40. The summed E-state index contributed by atoms with van der Waals surface area (Å²) in [5, 5.41) is 0.275. The molecule has 0 spiro atoms. The zero-order chi connectivity index (χ0) is 18.8. The topological polar surface area (TPSA) is 59.4 Å². The third-order valence-electron chi connectivity index (χ3n) is 3.99. The largest absolute Gasteiger partial charge is 0.349 e. The van der Waals surface area contributed by atoms with E-state index in [0.717, 1.165) is 0 Å². The zero-order valence-electron chi connectivity index (χ0n) is 13.8. The van der Waals surface area contributed by atoms with E-state index in [2.05, 4.69) is 4.98 Å². The standard InChI is InChI=1S/C18H16F2NO3PS/c1-2-24-25(22,23)18(17-21-11-12-26-17,13-3-7-15(19)8-4-13)14-5-9-16(20)10-6-14/h3-12H,2H2,1H3,(H,22,23). The van der Waals surface area contributed by atoms with Gasteiger partial charge in [0.2, 0.25) is 0 Å². The number of aromatic nitrogens is 1. The fourth-order valence-corrected chi connectivity index (χ4v) is 5.99. The highest BCUT2D eigenvalue weighted by Crippen LogP contribution is 2.67. The van der Waals surface area contributed by atoms with E-state index in [1.54, 1.807) is 12.3 Å². The lowest BCUT2D eigenvalue weighted by Gasteiger charge is -2.36. The smallest absolute Gasteiger partial charge is 0.323 e. The number of halogens is 2. The van der Waals surface area contributed by atoms with Gasteiger partial charge in [-0.3, -0.25) is 4.57 Å². The Morgan fingerprint density at radius 2 is 1.58 bits per heavy atom. The van der Waals surface area contributed by atoms with Gasteiger partial charge < -0.3 is 9.42 Å². The summed E-state index contributed by atoms with van der Waals surface area (Å²) in [6, 6.07) is 10.5. The van der Waals surface area contributed by atoms with E-state index in [9.17, 15) is 18.2 Å². The molecule has 1 unspecified atom stereocenters. The van der Waals surface area contributed by atoms with Crippen LogP contribution in [0.25, 0.3) is 0 Å². The number of hydrogen-bond acceptors (Lipinski definition) is 4. The average Bonchev–Trinajstić information content (AvgIpc) is 3.13. The third-order valence-corrected chi connectivity index (χ3v) is 7.22. The Bertz CT molecular complexity index is 869. The molecule has 0 aliphatic heterocycles. The normalized spacial score (nSPS) is 14.2. The summed E-state index contributed by atoms with van der Waals surface area (Å²) in [6.45, 7) is 1.59. The molecule has 0 bridgehead atoms. The maximum atomic E-state index is 13.5. The van der Waals surface area contributed by atoms with Crippen LogP contribution in [0.15, 0.2) is 60.1 Å². The fraction of sp³-hybridized carbons (Fsp3) is 0.167. The van der Waals surface area contributed by atoms with Gasteiger partial charge in [0, 0.05) is 11.6 Å². The molecule has 1 aromatic heterocycles. The summed E-state index contributed by atoms with van der Waals surface area (Å²) < 4.78 is 45.7. The molecule has 0 amide bonds. The second-order valence-electron chi connectivity index (χ2n) is 5.50. The monoisotopic (exact) mass is 395 g/mol. The maximum Gasteiger partial charge on any atom is 0.349 e. The lowest BCUT2D eigenvalue weighted by molar-refractivity contribution is 0.258. The molecule has 0 saturated heterocycles. The summed E-state index contributed by atoms with van der Waals surface area (Å²) in [5.74, 6) is -0.963. The molecule has 3 rings (SSSR count). The van der Waals surface area contributed by atoms with Gasteiger partial charge >= 0.3 is 7.60 Å². The number of benzene rings is 2. The van der Waals surface area contributed by atoms with Gasteiger partial charge in [0.25, 0.3) is 0 Å². The van der Waals surface area contributed by atoms with E-state index < -0.39 is 24.4 Å². The number of rotatable bonds is 6. The second-order valence-corrected chi connectivity index (χ2v) is 8.36. The van der Waals surface area contributed by atoms with Crippen LogP contribution in [0.2, 0.25) is 0 Å². The van der Waals surface area contributed by atoms with Gasteiger partial charge in [0.05, 0.1) is 6.61 Å². The van der Waals surface area contributed by atoms with Crippen LogP contribution in [-0.4, -0.2) is 16.5 Å². The van der Waals surface area contributed by atoms with Crippen LogP contribution >= 0.6 is 18.9 Å². The molecule has 0 radical (unpaired) electrons. The Labute approximate surface area is 153 Å². The highest BCUT2D eigenvalue weighted by molar-refractivity contribution is 7.55. The first kappa shape index (κ1) is 18.9. The second kappa shape index (κ2) is 7.37.